The lowest BCUT2D eigenvalue weighted by molar-refractivity contribution is -0.733. The van der Waals surface area contributed by atoms with Gasteiger partial charge in [0.2, 0.25) is 11.2 Å². The van der Waals surface area contributed by atoms with E-state index in [4.69, 9.17) is 4.74 Å². The topological polar surface area (TPSA) is 21.9 Å². The van der Waals surface area contributed by atoms with Crippen LogP contribution in [-0.4, -0.2) is 4.57 Å². The van der Waals surface area contributed by atoms with Crippen LogP contribution >= 0.6 is 0 Å². The molecule has 1 atom stereocenters. The average molecular weight is 534 g/mol. The number of hydrogen-bond donors (Lipinski definition) is 0. The number of fused-ring (bicyclic) bond motifs is 7. The van der Waals surface area contributed by atoms with E-state index in [0.29, 0.717) is 0 Å². The first-order valence-corrected chi connectivity index (χ1v) is 14.5. The van der Waals surface area contributed by atoms with E-state index in [-0.39, 0.29) is 5.41 Å². The summed E-state index contributed by atoms with van der Waals surface area (Å²) < 4.78 is 14.3. The second-order valence-electron chi connectivity index (χ2n) is 12.9. The highest BCUT2D eigenvalue weighted by Gasteiger charge is 2.69. The number of aromatic nitrogens is 3. The molecule has 3 aliphatic rings. The third kappa shape index (κ3) is 2.66. The minimum atomic E-state index is -0.583. The Morgan fingerprint density at radius 3 is 2.34 bits per heavy atom. The van der Waals surface area contributed by atoms with Crippen molar-refractivity contribution in [2.24, 2.45) is 0 Å². The first kappa shape index (κ1) is 23.0. The summed E-state index contributed by atoms with van der Waals surface area (Å²) >= 11 is 0. The van der Waals surface area contributed by atoms with Crippen LogP contribution in [0.3, 0.4) is 0 Å². The predicted octanol–water partition coefficient (Wildman–Crippen LogP) is 7.35. The molecule has 9 rings (SSSR count). The lowest BCUT2D eigenvalue weighted by Gasteiger charge is -2.25. The Kier molecular flexibility index (Phi) is 4.12. The molecule has 4 aromatic carbocycles. The monoisotopic (exact) mass is 533 g/mol. The molecule has 1 unspecified atom stereocenters. The Hall–Kier alpha value is -4.70. The van der Waals surface area contributed by atoms with Crippen LogP contribution in [0.4, 0.5) is 0 Å². The Bertz CT molecular complexity index is 2080. The minimum absolute atomic E-state index is 0.0500. The summed E-state index contributed by atoms with van der Waals surface area (Å²) in [7, 11) is 0. The van der Waals surface area contributed by atoms with E-state index < -0.39 is 5.54 Å². The van der Waals surface area contributed by atoms with E-state index in [2.05, 4.69) is 146 Å². The summed E-state index contributed by atoms with van der Waals surface area (Å²) in [5.74, 6) is 3.05. The van der Waals surface area contributed by atoms with Gasteiger partial charge in [-0.3, -0.25) is 0 Å². The molecule has 2 aromatic heterocycles. The van der Waals surface area contributed by atoms with Crippen molar-refractivity contribution in [3.05, 3.63) is 131 Å². The molecule has 41 heavy (non-hydrogen) atoms. The van der Waals surface area contributed by atoms with Crippen LogP contribution in [-0.2, 0) is 11.0 Å². The number of para-hydroxylation sites is 1. The molecule has 0 radical (unpaired) electrons. The van der Waals surface area contributed by atoms with Crippen LogP contribution in [0.2, 0.25) is 0 Å². The standard InChI is InChI=1S/C37H31N3O/c1-22-17-23(2)19-25(18-22)39-30-14-10-15-31-34(30)40-33-28(20-24(36(3,4)5)21-32(33)41-31)37(35(39)40)27-12-7-6-11-26(27)29-13-8-9-16-38(29)37/h6-21H,1-5H3/q+2. The van der Waals surface area contributed by atoms with E-state index in [1.807, 2.05) is 0 Å². The van der Waals surface area contributed by atoms with Crippen LogP contribution < -0.4 is 13.9 Å². The summed E-state index contributed by atoms with van der Waals surface area (Å²) in [6.07, 6.45) is 2.27. The van der Waals surface area contributed by atoms with E-state index in [1.165, 1.54) is 50.6 Å². The summed E-state index contributed by atoms with van der Waals surface area (Å²) in [5, 5.41) is 0. The number of ether oxygens (including phenoxy) is 1. The molecule has 198 valence electrons. The van der Waals surface area contributed by atoms with Gasteiger partial charge in [0.15, 0.2) is 28.9 Å². The zero-order valence-corrected chi connectivity index (χ0v) is 24.0. The Morgan fingerprint density at radius 1 is 0.756 bits per heavy atom. The van der Waals surface area contributed by atoms with Crippen molar-refractivity contribution >= 4 is 11.0 Å². The number of imidazole rings is 1. The molecule has 3 aliphatic heterocycles. The van der Waals surface area contributed by atoms with Crippen molar-refractivity contribution in [1.82, 2.24) is 4.57 Å². The first-order chi connectivity index (χ1) is 19.8. The van der Waals surface area contributed by atoms with Crippen molar-refractivity contribution in [2.75, 3.05) is 0 Å². The zero-order valence-electron chi connectivity index (χ0n) is 24.0. The SMILES string of the molecule is Cc1cc(C)cc(-n2c3[n+]4c5c(cccc52)Oc2cc(C(C)(C)C)cc(c2-4)C32c3ccccc3-c3cccc[n+]32)c1. The molecule has 0 amide bonds. The van der Waals surface area contributed by atoms with Crippen molar-refractivity contribution in [3.63, 3.8) is 0 Å². The normalized spacial score (nSPS) is 17.2. The number of benzene rings is 4. The van der Waals surface area contributed by atoms with Crippen LogP contribution in [0.1, 0.15) is 54.4 Å². The van der Waals surface area contributed by atoms with Crippen LogP contribution in [0.5, 0.6) is 11.5 Å². The Labute approximate surface area is 239 Å². The van der Waals surface area contributed by atoms with Gasteiger partial charge in [-0.1, -0.05) is 51.1 Å². The third-order valence-electron chi connectivity index (χ3n) is 9.24. The minimum Gasteiger partial charge on any atom is -0.448 e. The second kappa shape index (κ2) is 7.32. The third-order valence-corrected chi connectivity index (χ3v) is 9.24. The van der Waals surface area contributed by atoms with E-state index in [0.717, 1.165) is 28.2 Å². The molecular formula is C37H31N3O+2. The van der Waals surface area contributed by atoms with Gasteiger partial charge in [-0.25, -0.2) is 0 Å². The predicted molar refractivity (Wildman–Crippen MR) is 160 cm³/mol. The summed E-state index contributed by atoms with van der Waals surface area (Å²) in [6, 6.07) is 33.6. The van der Waals surface area contributed by atoms with Gasteiger partial charge in [0.25, 0.3) is 0 Å². The highest BCUT2D eigenvalue weighted by molar-refractivity contribution is 5.86. The maximum absolute atomic E-state index is 6.83. The molecule has 0 saturated heterocycles. The highest BCUT2D eigenvalue weighted by atomic mass is 16.5. The van der Waals surface area contributed by atoms with Crippen molar-refractivity contribution in [2.45, 2.75) is 45.6 Å². The number of nitrogens with zero attached hydrogens (tertiary/aromatic N) is 3. The molecule has 0 N–H and O–H groups in total. The number of pyridine rings is 1. The van der Waals surface area contributed by atoms with Gasteiger partial charge in [0.05, 0.1) is 16.7 Å². The van der Waals surface area contributed by atoms with Crippen molar-refractivity contribution in [1.29, 1.82) is 0 Å². The Balaban J connectivity index is 1.57. The lowest BCUT2D eigenvalue weighted by atomic mass is 9.79. The van der Waals surface area contributed by atoms with Crippen molar-refractivity contribution < 1.29 is 13.9 Å². The van der Waals surface area contributed by atoms with Gasteiger partial charge in [0.1, 0.15) is 5.69 Å². The van der Waals surface area contributed by atoms with E-state index in [1.54, 1.807) is 0 Å². The van der Waals surface area contributed by atoms with Crippen molar-refractivity contribution in [3.8, 4) is 34.1 Å². The van der Waals surface area contributed by atoms with Gasteiger partial charge in [-0.15, -0.1) is 0 Å². The molecule has 0 saturated carbocycles. The van der Waals surface area contributed by atoms with Gasteiger partial charge in [-0.2, -0.15) is 13.7 Å². The highest BCUT2D eigenvalue weighted by Crippen LogP contribution is 2.55. The smallest absolute Gasteiger partial charge is 0.352 e. The van der Waals surface area contributed by atoms with Gasteiger partial charge in [0, 0.05) is 12.1 Å². The number of hydrogen-bond acceptors (Lipinski definition) is 1. The summed E-state index contributed by atoms with van der Waals surface area (Å²) in [5.41, 5.74) is 12.8. The van der Waals surface area contributed by atoms with Crippen LogP contribution in [0.15, 0.2) is 97.2 Å². The molecule has 4 heteroatoms. The van der Waals surface area contributed by atoms with Gasteiger partial charge < -0.3 is 4.74 Å². The fraction of sp³-hybridized carbons (Fsp3) is 0.189. The first-order valence-electron chi connectivity index (χ1n) is 14.5. The molecule has 1 spiro atoms. The molecule has 0 bridgehead atoms. The Morgan fingerprint density at radius 2 is 1.54 bits per heavy atom. The molecule has 6 aromatic rings. The van der Waals surface area contributed by atoms with Gasteiger partial charge in [-0.05, 0) is 84.5 Å². The summed E-state index contributed by atoms with van der Waals surface area (Å²) in [6.45, 7) is 11.2. The maximum Gasteiger partial charge on any atom is 0.352 e. The second-order valence-corrected chi connectivity index (χ2v) is 12.9. The van der Waals surface area contributed by atoms with E-state index in [9.17, 15) is 0 Å². The fourth-order valence-electron chi connectivity index (χ4n) is 7.67. The van der Waals surface area contributed by atoms with Crippen LogP contribution in [0, 0.1) is 13.8 Å². The lowest BCUT2D eigenvalue weighted by Crippen LogP contribution is -2.57. The molecule has 0 fully saturated rings. The summed E-state index contributed by atoms with van der Waals surface area (Å²) in [4.78, 5) is 0. The molecule has 4 nitrogen and oxygen atoms in total. The largest absolute Gasteiger partial charge is 0.448 e. The maximum atomic E-state index is 6.83. The molecule has 5 heterocycles. The molecular weight excluding hydrogens is 502 g/mol. The van der Waals surface area contributed by atoms with Crippen LogP contribution in [0.25, 0.3) is 33.7 Å². The zero-order chi connectivity index (χ0) is 27.8. The van der Waals surface area contributed by atoms with E-state index >= 15 is 0 Å². The fourth-order valence-corrected chi connectivity index (χ4v) is 7.67. The molecule has 0 aliphatic carbocycles. The number of rotatable bonds is 1. The van der Waals surface area contributed by atoms with Gasteiger partial charge >= 0.3 is 11.4 Å². The number of aryl methyl sites for hydroxylation is 2. The quantitative estimate of drug-likeness (QED) is 0.202. The average Bonchev–Trinajstić information content (AvgIpc) is 3.54.